The summed E-state index contributed by atoms with van der Waals surface area (Å²) in [6.07, 6.45) is 6.04. The molecular formula is C8H16BN. The first-order valence-corrected chi connectivity index (χ1v) is 4.23. The third-order valence-corrected chi connectivity index (χ3v) is 2.48. The van der Waals surface area contributed by atoms with Crippen molar-refractivity contribution in [3.05, 3.63) is 0 Å². The van der Waals surface area contributed by atoms with E-state index in [0.717, 1.165) is 5.92 Å². The first-order valence-electron chi connectivity index (χ1n) is 4.23. The predicted molar refractivity (Wildman–Crippen MR) is 47.8 cm³/mol. The zero-order valence-electron chi connectivity index (χ0n) is 6.84. The summed E-state index contributed by atoms with van der Waals surface area (Å²) in [7, 11) is 3.76. The summed E-state index contributed by atoms with van der Waals surface area (Å²) in [4.78, 5) is 2.31. The maximum atomic E-state index is 3.76. The summed E-state index contributed by atoms with van der Waals surface area (Å²) in [5.41, 5.74) is 0. The molecule has 10 heavy (non-hydrogen) atoms. The Morgan fingerprint density at radius 3 is 2.50 bits per heavy atom. The van der Waals surface area contributed by atoms with Gasteiger partial charge < -0.3 is 0 Å². The van der Waals surface area contributed by atoms with E-state index in [1.807, 2.05) is 6.09 Å². The predicted octanol–water partition coefficient (Wildman–Crippen LogP) is 0.769. The molecule has 0 radical (unpaired) electrons. The van der Waals surface area contributed by atoms with E-state index in [1.165, 1.54) is 32.4 Å². The van der Waals surface area contributed by atoms with Gasteiger partial charge in [-0.3, -0.25) is 0 Å². The number of nitrogens with zero attached hydrogens (tertiary/aromatic N) is 1. The fraction of sp³-hybridized carbons (Fsp3) is 0.875. The van der Waals surface area contributed by atoms with E-state index in [9.17, 15) is 0 Å². The zero-order valence-corrected chi connectivity index (χ0v) is 6.84. The molecule has 0 aromatic rings. The molecule has 1 aliphatic rings. The van der Waals surface area contributed by atoms with Gasteiger partial charge in [0, 0.05) is 0 Å². The van der Waals surface area contributed by atoms with Crippen LogP contribution >= 0.6 is 0 Å². The van der Waals surface area contributed by atoms with Crippen molar-refractivity contribution in [3.8, 4) is 0 Å². The van der Waals surface area contributed by atoms with Gasteiger partial charge in [-0.2, -0.15) is 0 Å². The Morgan fingerprint density at radius 1 is 1.50 bits per heavy atom. The molecule has 0 saturated carbocycles. The van der Waals surface area contributed by atoms with Crippen molar-refractivity contribution in [1.82, 2.24) is 4.90 Å². The van der Waals surface area contributed by atoms with Crippen molar-refractivity contribution in [3.63, 3.8) is 0 Å². The number of hydrogen-bond donors (Lipinski definition) is 0. The fourth-order valence-electron chi connectivity index (χ4n) is 1.54. The van der Waals surface area contributed by atoms with Crippen LogP contribution in [0.15, 0.2) is 0 Å². The molecule has 0 atom stereocenters. The van der Waals surface area contributed by atoms with Crippen LogP contribution in [0.2, 0.25) is 0 Å². The Kier molecular flexibility index (Phi) is 2.97. The van der Waals surface area contributed by atoms with Crippen LogP contribution < -0.4 is 0 Å². The SMILES string of the molecule is B=CN1CCC(CC)CC1. The fourth-order valence-corrected chi connectivity index (χ4v) is 1.54. The minimum atomic E-state index is 0.983. The molecule has 1 nitrogen and oxygen atoms in total. The Hall–Kier alpha value is -0.265. The normalized spacial score (nSPS) is 21.0. The van der Waals surface area contributed by atoms with Crippen molar-refractivity contribution < 1.29 is 0 Å². The second-order valence-corrected chi connectivity index (χ2v) is 3.07. The molecule has 1 rings (SSSR count). The van der Waals surface area contributed by atoms with E-state index in [0.29, 0.717) is 0 Å². The number of hydrogen-bond acceptors (Lipinski definition) is 1. The van der Waals surface area contributed by atoms with Crippen molar-refractivity contribution in [2.45, 2.75) is 26.2 Å². The zero-order chi connectivity index (χ0) is 7.40. The van der Waals surface area contributed by atoms with Gasteiger partial charge in [-0.25, -0.2) is 0 Å². The average Bonchev–Trinajstić information content (AvgIpc) is 2.05. The first kappa shape index (κ1) is 7.84. The Morgan fingerprint density at radius 2 is 2.10 bits per heavy atom. The number of piperidine rings is 1. The van der Waals surface area contributed by atoms with Gasteiger partial charge in [0.2, 0.25) is 0 Å². The van der Waals surface area contributed by atoms with Gasteiger partial charge >= 0.3 is 63.7 Å². The molecule has 0 N–H and O–H groups in total. The monoisotopic (exact) mass is 137 g/mol. The molecule has 0 amide bonds. The maximum absolute atomic E-state index is 3.76. The standard InChI is InChI=1S/C8H16BN/c1-2-8-3-5-10(7-9)6-4-8/h7-9H,2-6H2,1H3. The van der Waals surface area contributed by atoms with E-state index in [4.69, 9.17) is 0 Å². The molecular weight excluding hydrogens is 121 g/mol. The van der Waals surface area contributed by atoms with Crippen LogP contribution in [-0.2, 0) is 0 Å². The molecule has 56 valence electrons. The summed E-state index contributed by atoms with van der Waals surface area (Å²) in [5, 5.41) is 0. The summed E-state index contributed by atoms with van der Waals surface area (Å²) < 4.78 is 0. The van der Waals surface area contributed by atoms with E-state index in [1.54, 1.807) is 0 Å². The molecule has 1 aliphatic heterocycles. The van der Waals surface area contributed by atoms with Gasteiger partial charge in [-0.05, 0) is 0 Å². The summed E-state index contributed by atoms with van der Waals surface area (Å²) in [6.45, 7) is 4.73. The van der Waals surface area contributed by atoms with Gasteiger partial charge in [0.15, 0.2) is 0 Å². The van der Waals surface area contributed by atoms with Gasteiger partial charge in [0.25, 0.3) is 0 Å². The Balaban J connectivity index is 2.23. The average molecular weight is 137 g/mol. The quantitative estimate of drug-likeness (QED) is 0.508. The van der Waals surface area contributed by atoms with E-state index < -0.39 is 0 Å². The Bertz CT molecular complexity index is 106. The molecule has 0 unspecified atom stereocenters. The van der Waals surface area contributed by atoms with Crippen LogP contribution in [0.5, 0.6) is 0 Å². The molecule has 0 spiro atoms. The van der Waals surface area contributed by atoms with Crippen molar-refractivity contribution in [2.75, 3.05) is 13.1 Å². The van der Waals surface area contributed by atoms with Gasteiger partial charge in [-0.1, -0.05) is 0 Å². The molecule has 2 heteroatoms. The van der Waals surface area contributed by atoms with Crippen LogP contribution in [0.4, 0.5) is 0 Å². The molecule has 0 aliphatic carbocycles. The van der Waals surface area contributed by atoms with Gasteiger partial charge in [0.05, 0.1) is 0 Å². The molecule has 1 saturated heterocycles. The summed E-state index contributed by atoms with van der Waals surface area (Å²) >= 11 is 0. The first-order chi connectivity index (χ1) is 4.86. The Labute approximate surface area is 64.5 Å². The van der Waals surface area contributed by atoms with Crippen LogP contribution in [0.1, 0.15) is 26.2 Å². The summed E-state index contributed by atoms with van der Waals surface area (Å²) in [6, 6.07) is 0. The third kappa shape index (κ3) is 1.86. The third-order valence-electron chi connectivity index (χ3n) is 2.48. The van der Waals surface area contributed by atoms with Crippen molar-refractivity contribution >= 4 is 13.6 Å². The minimum absolute atomic E-state index is 0.983. The molecule has 0 bridgehead atoms. The number of rotatable bonds is 2. The van der Waals surface area contributed by atoms with Gasteiger partial charge in [-0.15, -0.1) is 0 Å². The van der Waals surface area contributed by atoms with Crippen LogP contribution in [0.25, 0.3) is 0 Å². The van der Waals surface area contributed by atoms with E-state index in [2.05, 4.69) is 19.3 Å². The van der Waals surface area contributed by atoms with Crippen molar-refractivity contribution in [1.29, 1.82) is 0 Å². The second kappa shape index (κ2) is 3.79. The topological polar surface area (TPSA) is 3.24 Å². The second-order valence-electron chi connectivity index (χ2n) is 3.07. The van der Waals surface area contributed by atoms with Crippen LogP contribution in [0.3, 0.4) is 0 Å². The van der Waals surface area contributed by atoms with Crippen LogP contribution in [0, 0.1) is 5.92 Å². The van der Waals surface area contributed by atoms with E-state index >= 15 is 0 Å². The molecule has 0 aromatic carbocycles. The van der Waals surface area contributed by atoms with E-state index in [-0.39, 0.29) is 0 Å². The molecule has 1 heterocycles. The molecule has 0 aromatic heterocycles. The summed E-state index contributed by atoms with van der Waals surface area (Å²) in [5.74, 6) is 0.983. The van der Waals surface area contributed by atoms with Crippen molar-refractivity contribution in [2.24, 2.45) is 5.92 Å². The van der Waals surface area contributed by atoms with Gasteiger partial charge in [0.1, 0.15) is 0 Å². The number of likely N-dealkylation sites (tertiary alicyclic amines) is 1. The molecule has 1 fully saturated rings. The van der Waals surface area contributed by atoms with Crippen LogP contribution in [-0.4, -0.2) is 31.6 Å².